The molecule has 5 nitrogen and oxygen atoms in total. The molecule has 3 rings (SSSR count). The monoisotopic (exact) mass is 438 g/mol. The van der Waals surface area contributed by atoms with Gasteiger partial charge in [0, 0.05) is 17.8 Å². The Morgan fingerprint density at radius 3 is 2.77 bits per heavy atom. The van der Waals surface area contributed by atoms with Gasteiger partial charge in [-0.05, 0) is 49.9 Å². The predicted octanol–water partition coefficient (Wildman–Crippen LogP) is 5.33. The van der Waals surface area contributed by atoms with E-state index in [1.807, 2.05) is 19.9 Å². The van der Waals surface area contributed by atoms with Crippen LogP contribution in [0.3, 0.4) is 0 Å². The summed E-state index contributed by atoms with van der Waals surface area (Å²) in [7, 11) is 0. The lowest BCUT2D eigenvalue weighted by Crippen LogP contribution is -2.37. The summed E-state index contributed by atoms with van der Waals surface area (Å²) in [5, 5.41) is -0.0827. The number of alkyl halides is 2. The molecule has 0 saturated carbocycles. The number of aryl methyl sites for hydroxylation is 2. The SMILES string of the molecule is CCCCOc1nc(C)cc(C)c1CN1CCc2ccc(OC(F)F)c(Cl)c2C1=O. The van der Waals surface area contributed by atoms with Crippen LogP contribution in [0, 0.1) is 13.8 Å². The second kappa shape index (κ2) is 9.60. The molecule has 30 heavy (non-hydrogen) atoms. The third kappa shape index (κ3) is 4.83. The Bertz CT molecular complexity index is 937. The first-order chi connectivity index (χ1) is 14.3. The summed E-state index contributed by atoms with van der Waals surface area (Å²) in [5.74, 6) is 0.0123. The van der Waals surface area contributed by atoms with Crippen molar-refractivity contribution in [3.05, 3.63) is 51.2 Å². The highest BCUT2D eigenvalue weighted by atomic mass is 35.5. The lowest BCUT2D eigenvalue weighted by Gasteiger charge is -2.30. The molecule has 8 heteroatoms. The van der Waals surface area contributed by atoms with Gasteiger partial charge >= 0.3 is 6.61 Å². The number of ether oxygens (including phenoxy) is 2. The third-order valence-electron chi connectivity index (χ3n) is 5.08. The number of aromatic nitrogens is 1. The van der Waals surface area contributed by atoms with E-state index >= 15 is 0 Å². The molecule has 2 heterocycles. The molecule has 1 aliphatic heterocycles. The minimum Gasteiger partial charge on any atom is -0.477 e. The van der Waals surface area contributed by atoms with Crippen molar-refractivity contribution >= 4 is 17.5 Å². The molecule has 162 valence electrons. The van der Waals surface area contributed by atoms with Gasteiger partial charge in [-0.3, -0.25) is 4.79 Å². The molecule has 0 saturated heterocycles. The van der Waals surface area contributed by atoms with E-state index in [4.69, 9.17) is 16.3 Å². The molecular formula is C22H25ClF2N2O3. The zero-order valence-electron chi connectivity index (χ0n) is 17.3. The summed E-state index contributed by atoms with van der Waals surface area (Å²) >= 11 is 6.26. The maximum absolute atomic E-state index is 13.2. The van der Waals surface area contributed by atoms with Crippen LogP contribution < -0.4 is 9.47 Å². The summed E-state index contributed by atoms with van der Waals surface area (Å²) < 4.78 is 35.6. The number of carbonyl (C=O) groups is 1. The van der Waals surface area contributed by atoms with Crippen molar-refractivity contribution in [3.63, 3.8) is 0 Å². The van der Waals surface area contributed by atoms with Crippen LogP contribution in [0.4, 0.5) is 8.78 Å². The summed E-state index contributed by atoms with van der Waals surface area (Å²) in [6.07, 6.45) is 2.48. The number of pyridine rings is 1. The van der Waals surface area contributed by atoms with E-state index in [0.29, 0.717) is 32.0 Å². The van der Waals surface area contributed by atoms with E-state index in [-0.39, 0.29) is 22.2 Å². The van der Waals surface area contributed by atoms with Crippen molar-refractivity contribution < 1.29 is 23.0 Å². The maximum atomic E-state index is 13.2. The van der Waals surface area contributed by atoms with E-state index in [1.165, 1.54) is 6.07 Å². The van der Waals surface area contributed by atoms with Gasteiger partial charge in [0.05, 0.1) is 23.7 Å². The molecule has 0 unspecified atom stereocenters. The quantitative estimate of drug-likeness (QED) is 0.523. The molecule has 0 radical (unpaired) electrons. The highest BCUT2D eigenvalue weighted by Crippen LogP contribution is 2.36. The number of fused-ring (bicyclic) bond motifs is 1. The number of hydrogen-bond donors (Lipinski definition) is 0. The van der Waals surface area contributed by atoms with Crippen LogP contribution in [-0.2, 0) is 13.0 Å². The fourth-order valence-electron chi connectivity index (χ4n) is 3.53. The Morgan fingerprint density at radius 2 is 2.07 bits per heavy atom. The fraction of sp³-hybridized carbons (Fsp3) is 0.455. The summed E-state index contributed by atoms with van der Waals surface area (Å²) in [6.45, 7) is 4.26. The van der Waals surface area contributed by atoms with Gasteiger partial charge in [0.15, 0.2) is 0 Å². The molecule has 0 atom stereocenters. The van der Waals surface area contributed by atoms with Gasteiger partial charge in [-0.25, -0.2) is 4.98 Å². The van der Waals surface area contributed by atoms with Gasteiger partial charge < -0.3 is 14.4 Å². The summed E-state index contributed by atoms with van der Waals surface area (Å²) in [5.41, 5.74) is 3.60. The van der Waals surface area contributed by atoms with E-state index in [1.54, 1.807) is 11.0 Å². The Balaban J connectivity index is 1.89. The molecular weight excluding hydrogens is 414 g/mol. The highest BCUT2D eigenvalue weighted by Gasteiger charge is 2.30. The number of unbranched alkanes of at least 4 members (excludes halogenated alkanes) is 1. The molecule has 0 fully saturated rings. The number of amides is 1. The first kappa shape index (κ1) is 22.3. The van der Waals surface area contributed by atoms with Gasteiger partial charge in [-0.15, -0.1) is 0 Å². The predicted molar refractivity (Wildman–Crippen MR) is 111 cm³/mol. The lowest BCUT2D eigenvalue weighted by atomic mass is 9.97. The smallest absolute Gasteiger partial charge is 0.387 e. The average molecular weight is 439 g/mol. The van der Waals surface area contributed by atoms with Gasteiger partial charge in [0.25, 0.3) is 5.91 Å². The second-order valence-electron chi connectivity index (χ2n) is 7.33. The standard InChI is InChI=1S/C22H25ClF2N2O3/c1-4-5-10-29-20-16(13(2)11-14(3)26-20)12-27-9-8-15-6-7-17(30-22(24)25)19(23)18(15)21(27)28/h6-7,11,22H,4-5,8-10,12H2,1-3H3. The van der Waals surface area contributed by atoms with Crippen LogP contribution in [0.2, 0.25) is 5.02 Å². The van der Waals surface area contributed by atoms with E-state index in [2.05, 4.69) is 16.6 Å². The van der Waals surface area contributed by atoms with Crippen LogP contribution in [0.1, 0.15) is 52.5 Å². The van der Waals surface area contributed by atoms with Crippen molar-refractivity contribution in [3.8, 4) is 11.6 Å². The molecule has 0 spiro atoms. The van der Waals surface area contributed by atoms with E-state index in [9.17, 15) is 13.6 Å². The third-order valence-corrected chi connectivity index (χ3v) is 5.46. The van der Waals surface area contributed by atoms with Crippen LogP contribution >= 0.6 is 11.6 Å². The van der Waals surface area contributed by atoms with Crippen molar-refractivity contribution in [1.82, 2.24) is 9.88 Å². The van der Waals surface area contributed by atoms with Gasteiger partial charge in [0.1, 0.15) is 5.75 Å². The minimum absolute atomic E-state index is 0.0827. The van der Waals surface area contributed by atoms with Gasteiger partial charge in [0.2, 0.25) is 5.88 Å². The first-order valence-electron chi connectivity index (χ1n) is 9.97. The van der Waals surface area contributed by atoms with Crippen molar-refractivity contribution in [1.29, 1.82) is 0 Å². The Labute approximate surface area is 179 Å². The number of halogens is 3. The maximum Gasteiger partial charge on any atom is 0.387 e. The van der Waals surface area contributed by atoms with Gasteiger partial charge in [-0.1, -0.05) is 31.0 Å². The van der Waals surface area contributed by atoms with Gasteiger partial charge in [-0.2, -0.15) is 8.78 Å². The molecule has 0 N–H and O–H groups in total. The van der Waals surface area contributed by atoms with Crippen molar-refractivity contribution in [2.24, 2.45) is 0 Å². The second-order valence-corrected chi connectivity index (χ2v) is 7.71. The molecule has 1 aliphatic rings. The van der Waals surface area contributed by atoms with E-state index < -0.39 is 6.61 Å². The number of carbonyl (C=O) groups excluding carboxylic acids is 1. The number of benzene rings is 1. The summed E-state index contributed by atoms with van der Waals surface area (Å²) in [6, 6.07) is 4.95. The molecule has 1 amide bonds. The van der Waals surface area contributed by atoms with Crippen LogP contribution in [0.25, 0.3) is 0 Å². The first-order valence-corrected chi connectivity index (χ1v) is 10.3. The van der Waals surface area contributed by atoms with Crippen LogP contribution in [-0.4, -0.2) is 35.6 Å². The topological polar surface area (TPSA) is 51.7 Å². The number of nitrogens with zero attached hydrogens (tertiary/aromatic N) is 2. The Kier molecular flexibility index (Phi) is 7.13. The average Bonchev–Trinajstić information content (AvgIpc) is 2.68. The Morgan fingerprint density at radius 1 is 1.30 bits per heavy atom. The van der Waals surface area contributed by atoms with Crippen molar-refractivity contribution in [2.45, 2.75) is 53.2 Å². The molecule has 0 bridgehead atoms. The highest BCUT2D eigenvalue weighted by molar-refractivity contribution is 6.35. The normalized spacial score (nSPS) is 13.6. The molecule has 0 aliphatic carbocycles. The Hall–Kier alpha value is -2.41. The largest absolute Gasteiger partial charge is 0.477 e. The zero-order valence-corrected chi connectivity index (χ0v) is 18.1. The minimum atomic E-state index is -3.01. The van der Waals surface area contributed by atoms with E-state index in [0.717, 1.165) is 35.2 Å². The zero-order chi connectivity index (χ0) is 21.8. The van der Waals surface area contributed by atoms with Crippen LogP contribution in [0.5, 0.6) is 11.6 Å². The molecule has 1 aromatic heterocycles. The van der Waals surface area contributed by atoms with Crippen molar-refractivity contribution in [2.75, 3.05) is 13.2 Å². The number of rotatable bonds is 8. The summed E-state index contributed by atoms with van der Waals surface area (Å²) in [4.78, 5) is 19.3. The molecule has 1 aromatic carbocycles. The number of hydrogen-bond acceptors (Lipinski definition) is 4. The van der Waals surface area contributed by atoms with Crippen LogP contribution in [0.15, 0.2) is 18.2 Å². The molecule has 2 aromatic rings. The fourth-order valence-corrected chi connectivity index (χ4v) is 3.84. The lowest BCUT2D eigenvalue weighted by molar-refractivity contribution is -0.0498.